The van der Waals surface area contributed by atoms with Gasteiger partial charge in [-0.2, -0.15) is 0 Å². The highest BCUT2D eigenvalue weighted by Crippen LogP contribution is 2.12. The second-order valence-electron chi connectivity index (χ2n) is 6.89. The van der Waals surface area contributed by atoms with Crippen molar-refractivity contribution in [1.82, 2.24) is 15.1 Å². The summed E-state index contributed by atoms with van der Waals surface area (Å²) in [4.78, 5) is 4.70. The molecule has 0 spiro atoms. The van der Waals surface area contributed by atoms with Gasteiger partial charge < -0.3 is 14.6 Å². The minimum Gasteiger partial charge on any atom is -0.468 e. The zero-order valence-electron chi connectivity index (χ0n) is 14.6. The summed E-state index contributed by atoms with van der Waals surface area (Å²) in [5, 5.41) is 3.42. The van der Waals surface area contributed by atoms with Crippen LogP contribution in [0.25, 0.3) is 0 Å². The lowest BCUT2D eigenvalue weighted by atomic mass is 10.2. The Kier molecular flexibility index (Phi) is 8.01. The summed E-state index contributed by atoms with van der Waals surface area (Å²) in [6.07, 6.45) is 1.88. The Bertz CT molecular complexity index is 385. The molecule has 122 valence electrons. The molecule has 0 amide bonds. The molecule has 1 heterocycles. The second kappa shape index (κ2) is 9.23. The second-order valence-corrected chi connectivity index (χ2v) is 6.89. The van der Waals surface area contributed by atoms with Gasteiger partial charge in [0, 0.05) is 37.8 Å². The van der Waals surface area contributed by atoms with Crippen LogP contribution in [0.3, 0.4) is 0 Å². The van der Waals surface area contributed by atoms with Crippen molar-refractivity contribution in [3.05, 3.63) is 23.7 Å². The number of rotatable bonds is 10. The van der Waals surface area contributed by atoms with E-state index in [1.54, 1.807) is 0 Å². The summed E-state index contributed by atoms with van der Waals surface area (Å²) < 4.78 is 5.72. The Balaban J connectivity index is 2.52. The first-order chi connectivity index (χ1) is 9.86. The first-order valence-electron chi connectivity index (χ1n) is 8.03. The van der Waals surface area contributed by atoms with Crippen molar-refractivity contribution < 1.29 is 4.42 Å². The van der Waals surface area contributed by atoms with Crippen LogP contribution >= 0.6 is 0 Å². The van der Waals surface area contributed by atoms with Crippen LogP contribution in [-0.4, -0.2) is 49.6 Å². The third-order valence-electron chi connectivity index (χ3n) is 3.29. The molecule has 0 fully saturated rings. The zero-order chi connectivity index (χ0) is 15.8. The summed E-state index contributed by atoms with van der Waals surface area (Å²) in [6, 6.07) is 2.68. The Morgan fingerprint density at radius 2 is 1.86 bits per heavy atom. The lowest BCUT2D eigenvalue weighted by molar-refractivity contribution is 0.198. The maximum Gasteiger partial charge on any atom is 0.118 e. The summed E-state index contributed by atoms with van der Waals surface area (Å²) in [5.74, 6) is 1.74. The average molecular weight is 295 g/mol. The summed E-state index contributed by atoms with van der Waals surface area (Å²) in [7, 11) is 4.24. The first-order valence-corrected chi connectivity index (χ1v) is 8.03. The number of furan rings is 1. The number of hydrogen-bond acceptors (Lipinski definition) is 4. The van der Waals surface area contributed by atoms with Crippen LogP contribution in [0.2, 0.25) is 0 Å². The van der Waals surface area contributed by atoms with E-state index in [9.17, 15) is 0 Å². The van der Waals surface area contributed by atoms with Crippen molar-refractivity contribution >= 4 is 0 Å². The smallest absolute Gasteiger partial charge is 0.118 e. The molecule has 4 nitrogen and oxygen atoms in total. The van der Waals surface area contributed by atoms with Gasteiger partial charge in [-0.3, -0.25) is 4.90 Å². The maximum atomic E-state index is 5.72. The molecule has 0 atom stereocenters. The monoisotopic (exact) mass is 295 g/mol. The lowest BCUT2D eigenvalue weighted by Gasteiger charge is -2.24. The fourth-order valence-electron chi connectivity index (χ4n) is 2.24. The largest absolute Gasteiger partial charge is 0.468 e. The zero-order valence-corrected chi connectivity index (χ0v) is 14.6. The van der Waals surface area contributed by atoms with Gasteiger partial charge in [0.1, 0.15) is 5.76 Å². The van der Waals surface area contributed by atoms with Crippen LogP contribution < -0.4 is 5.32 Å². The van der Waals surface area contributed by atoms with Gasteiger partial charge in [0.25, 0.3) is 0 Å². The van der Waals surface area contributed by atoms with E-state index < -0.39 is 0 Å². The Hall–Kier alpha value is -0.840. The molecule has 0 unspecified atom stereocenters. The van der Waals surface area contributed by atoms with Crippen LogP contribution in [0, 0.1) is 5.92 Å². The molecular weight excluding hydrogens is 262 g/mol. The number of likely N-dealkylation sites (N-methyl/N-ethyl adjacent to an activating group) is 1. The van der Waals surface area contributed by atoms with Crippen LogP contribution in [0.15, 0.2) is 16.7 Å². The third kappa shape index (κ3) is 8.24. The molecule has 1 aromatic heterocycles. The fraction of sp³-hybridized carbons (Fsp3) is 0.765. The van der Waals surface area contributed by atoms with Crippen LogP contribution in [0.4, 0.5) is 0 Å². The lowest BCUT2D eigenvalue weighted by Crippen LogP contribution is -2.33. The highest BCUT2D eigenvalue weighted by atomic mass is 16.3. The van der Waals surface area contributed by atoms with Crippen molar-refractivity contribution in [2.75, 3.05) is 33.7 Å². The van der Waals surface area contributed by atoms with Gasteiger partial charge in [0.15, 0.2) is 0 Å². The predicted molar refractivity (Wildman–Crippen MR) is 89.4 cm³/mol. The van der Waals surface area contributed by atoms with E-state index in [4.69, 9.17) is 4.42 Å². The fourth-order valence-corrected chi connectivity index (χ4v) is 2.24. The van der Waals surface area contributed by atoms with Gasteiger partial charge in [-0.05, 0) is 26.1 Å². The van der Waals surface area contributed by atoms with E-state index in [0.717, 1.165) is 38.5 Å². The van der Waals surface area contributed by atoms with Crippen molar-refractivity contribution in [2.45, 2.75) is 46.8 Å². The number of hydrogen-bond donors (Lipinski definition) is 1. The molecule has 1 rings (SSSR count). The SMILES string of the molecule is CC(C)CN(CCN(C)C)Cc1cc(CNC(C)C)co1. The highest BCUT2D eigenvalue weighted by molar-refractivity contribution is 5.12. The topological polar surface area (TPSA) is 31.6 Å². The molecule has 1 N–H and O–H groups in total. The molecule has 0 saturated carbocycles. The van der Waals surface area contributed by atoms with Crippen LogP contribution in [0.1, 0.15) is 39.0 Å². The van der Waals surface area contributed by atoms with Crippen molar-refractivity contribution in [3.63, 3.8) is 0 Å². The molecule has 0 radical (unpaired) electrons. The highest BCUT2D eigenvalue weighted by Gasteiger charge is 2.11. The van der Waals surface area contributed by atoms with Crippen molar-refractivity contribution in [1.29, 1.82) is 0 Å². The summed E-state index contributed by atoms with van der Waals surface area (Å²) in [5.41, 5.74) is 1.23. The molecule has 0 aliphatic rings. The number of nitrogens with one attached hydrogen (secondary N) is 1. The van der Waals surface area contributed by atoms with E-state index in [-0.39, 0.29) is 0 Å². The minimum absolute atomic E-state index is 0.501. The van der Waals surface area contributed by atoms with Gasteiger partial charge in [-0.25, -0.2) is 0 Å². The van der Waals surface area contributed by atoms with Gasteiger partial charge in [0.05, 0.1) is 12.8 Å². The molecule has 0 aliphatic heterocycles. The van der Waals surface area contributed by atoms with Gasteiger partial charge in [-0.15, -0.1) is 0 Å². The Morgan fingerprint density at radius 3 is 2.43 bits per heavy atom. The van der Waals surface area contributed by atoms with Crippen molar-refractivity contribution in [3.8, 4) is 0 Å². The van der Waals surface area contributed by atoms with Gasteiger partial charge in [-0.1, -0.05) is 27.7 Å². The van der Waals surface area contributed by atoms with Crippen LogP contribution in [0.5, 0.6) is 0 Å². The first kappa shape index (κ1) is 18.2. The van der Waals surface area contributed by atoms with Crippen molar-refractivity contribution in [2.24, 2.45) is 5.92 Å². The molecule has 21 heavy (non-hydrogen) atoms. The van der Waals surface area contributed by atoms with E-state index in [1.165, 1.54) is 5.56 Å². The van der Waals surface area contributed by atoms with E-state index in [0.29, 0.717) is 12.0 Å². The molecule has 0 aromatic carbocycles. The van der Waals surface area contributed by atoms with Crippen LogP contribution in [-0.2, 0) is 13.1 Å². The minimum atomic E-state index is 0.501. The molecule has 0 saturated heterocycles. The Labute approximate surface area is 130 Å². The standard InChI is InChI=1S/C17H33N3O/c1-14(2)11-20(8-7-19(5)6)12-17-9-16(13-21-17)10-18-15(3)4/h9,13-15,18H,7-8,10-12H2,1-6H3. The predicted octanol–water partition coefficient (Wildman–Crippen LogP) is 2.80. The number of nitrogens with zero attached hydrogens (tertiary/aromatic N) is 2. The Morgan fingerprint density at radius 1 is 1.14 bits per heavy atom. The van der Waals surface area contributed by atoms with Gasteiger partial charge >= 0.3 is 0 Å². The molecule has 0 bridgehead atoms. The molecule has 1 aromatic rings. The van der Waals surface area contributed by atoms with Gasteiger partial charge in [0.2, 0.25) is 0 Å². The van der Waals surface area contributed by atoms with E-state index in [1.807, 2.05) is 6.26 Å². The normalized spacial score (nSPS) is 12.3. The molecule has 0 aliphatic carbocycles. The van der Waals surface area contributed by atoms with E-state index >= 15 is 0 Å². The summed E-state index contributed by atoms with van der Waals surface area (Å²) in [6.45, 7) is 13.9. The third-order valence-corrected chi connectivity index (χ3v) is 3.29. The summed E-state index contributed by atoms with van der Waals surface area (Å²) >= 11 is 0. The van der Waals surface area contributed by atoms with E-state index in [2.05, 4.69) is 63.0 Å². The molecular formula is C17H33N3O. The average Bonchev–Trinajstić information content (AvgIpc) is 2.80. The quantitative estimate of drug-likeness (QED) is 0.719. The maximum absolute atomic E-state index is 5.72. The molecule has 4 heteroatoms.